The number of rotatable bonds is 4. The van der Waals surface area contributed by atoms with Crippen molar-refractivity contribution in [2.45, 2.75) is 49.6 Å². The molecular weight excluding hydrogens is 360 g/mol. The average molecular weight is 383 g/mol. The summed E-state index contributed by atoms with van der Waals surface area (Å²) < 4.78 is 35.0. The molecule has 0 saturated carbocycles. The van der Waals surface area contributed by atoms with E-state index in [9.17, 15) is 8.42 Å². The molecule has 4 rings (SSSR count). The smallest absolute Gasteiger partial charge is 0.246 e. The standard InChI is InChI=1S/C16H22N4O3S2/c1-12-18-15(11-24-12)16-3-2-6-20(16)25(21,22)14-9-17-19(10-14)13-4-7-23-8-5-13/h9-11,13,16H,2-8H2,1H3. The van der Waals surface area contributed by atoms with Crippen molar-refractivity contribution in [3.05, 3.63) is 28.5 Å². The van der Waals surface area contributed by atoms with Crippen LogP contribution >= 0.6 is 11.3 Å². The monoisotopic (exact) mass is 382 g/mol. The molecule has 2 aliphatic heterocycles. The second-order valence-corrected chi connectivity index (χ2v) is 9.52. The maximum absolute atomic E-state index is 13.1. The summed E-state index contributed by atoms with van der Waals surface area (Å²) in [6.45, 7) is 3.87. The molecule has 25 heavy (non-hydrogen) atoms. The lowest BCUT2D eigenvalue weighted by Crippen LogP contribution is -2.30. The zero-order valence-corrected chi connectivity index (χ0v) is 15.8. The molecule has 1 unspecified atom stereocenters. The van der Waals surface area contributed by atoms with E-state index in [1.54, 1.807) is 26.5 Å². The van der Waals surface area contributed by atoms with Crippen LogP contribution in [0.25, 0.3) is 0 Å². The highest BCUT2D eigenvalue weighted by atomic mass is 32.2. The number of hydrogen-bond donors (Lipinski definition) is 0. The molecule has 2 saturated heterocycles. The third-order valence-corrected chi connectivity index (χ3v) is 7.58. The van der Waals surface area contributed by atoms with E-state index in [0.717, 1.165) is 36.4 Å². The molecular formula is C16H22N4O3S2. The lowest BCUT2D eigenvalue weighted by molar-refractivity contribution is 0.0662. The number of aromatic nitrogens is 3. The Labute approximate surface area is 151 Å². The number of thiazole rings is 1. The van der Waals surface area contributed by atoms with Gasteiger partial charge >= 0.3 is 0 Å². The predicted molar refractivity (Wildman–Crippen MR) is 94.0 cm³/mol. The van der Waals surface area contributed by atoms with Crippen molar-refractivity contribution in [3.63, 3.8) is 0 Å². The van der Waals surface area contributed by atoms with Crippen LogP contribution in [-0.2, 0) is 14.8 Å². The van der Waals surface area contributed by atoms with Crippen LogP contribution < -0.4 is 0 Å². The Morgan fingerprint density at radius 2 is 2.08 bits per heavy atom. The first kappa shape index (κ1) is 17.1. The Morgan fingerprint density at radius 1 is 1.28 bits per heavy atom. The van der Waals surface area contributed by atoms with Crippen LogP contribution in [0, 0.1) is 6.92 Å². The van der Waals surface area contributed by atoms with Crippen molar-refractivity contribution in [2.75, 3.05) is 19.8 Å². The topological polar surface area (TPSA) is 77.3 Å². The van der Waals surface area contributed by atoms with Gasteiger partial charge in [-0.3, -0.25) is 4.68 Å². The maximum atomic E-state index is 13.1. The van der Waals surface area contributed by atoms with E-state index >= 15 is 0 Å². The van der Waals surface area contributed by atoms with Crippen LogP contribution in [0.3, 0.4) is 0 Å². The summed E-state index contributed by atoms with van der Waals surface area (Å²) in [4.78, 5) is 4.78. The van der Waals surface area contributed by atoms with E-state index in [2.05, 4.69) is 10.1 Å². The fourth-order valence-corrected chi connectivity index (χ4v) is 5.86. The van der Waals surface area contributed by atoms with Crippen LogP contribution in [0.15, 0.2) is 22.7 Å². The molecule has 0 spiro atoms. The lowest BCUT2D eigenvalue weighted by Gasteiger charge is -2.23. The Balaban J connectivity index is 1.59. The number of nitrogens with zero attached hydrogens (tertiary/aromatic N) is 4. The highest BCUT2D eigenvalue weighted by Gasteiger charge is 2.38. The van der Waals surface area contributed by atoms with Gasteiger partial charge in [0.15, 0.2) is 0 Å². The van der Waals surface area contributed by atoms with E-state index in [1.165, 1.54) is 6.20 Å². The fraction of sp³-hybridized carbons (Fsp3) is 0.625. The molecule has 0 aromatic carbocycles. The molecule has 4 heterocycles. The summed E-state index contributed by atoms with van der Waals surface area (Å²) in [6.07, 6.45) is 6.56. The largest absolute Gasteiger partial charge is 0.381 e. The summed E-state index contributed by atoms with van der Waals surface area (Å²) >= 11 is 1.56. The second kappa shape index (κ2) is 6.79. The van der Waals surface area contributed by atoms with Crippen molar-refractivity contribution < 1.29 is 13.2 Å². The van der Waals surface area contributed by atoms with Crippen LogP contribution in [-0.4, -0.2) is 47.2 Å². The molecule has 2 aromatic heterocycles. The van der Waals surface area contributed by atoms with E-state index in [4.69, 9.17) is 4.74 Å². The lowest BCUT2D eigenvalue weighted by atomic mass is 10.1. The Kier molecular flexibility index (Phi) is 4.65. The van der Waals surface area contributed by atoms with Gasteiger partial charge in [-0.2, -0.15) is 9.40 Å². The zero-order chi connectivity index (χ0) is 17.4. The van der Waals surface area contributed by atoms with Gasteiger partial charge in [0.05, 0.1) is 29.0 Å². The third-order valence-electron chi connectivity index (χ3n) is 4.93. The van der Waals surface area contributed by atoms with Crippen molar-refractivity contribution in [1.82, 2.24) is 19.1 Å². The zero-order valence-electron chi connectivity index (χ0n) is 14.2. The highest BCUT2D eigenvalue weighted by molar-refractivity contribution is 7.89. The molecule has 0 N–H and O–H groups in total. The molecule has 9 heteroatoms. The van der Waals surface area contributed by atoms with Gasteiger partial charge in [-0.1, -0.05) is 0 Å². The summed E-state index contributed by atoms with van der Waals surface area (Å²) in [5, 5.41) is 7.26. The quantitative estimate of drug-likeness (QED) is 0.812. The van der Waals surface area contributed by atoms with Crippen molar-refractivity contribution in [1.29, 1.82) is 0 Å². The van der Waals surface area contributed by atoms with Crippen LogP contribution in [0.2, 0.25) is 0 Å². The van der Waals surface area contributed by atoms with Gasteiger partial charge in [-0.05, 0) is 32.6 Å². The number of hydrogen-bond acceptors (Lipinski definition) is 6. The minimum Gasteiger partial charge on any atom is -0.381 e. The maximum Gasteiger partial charge on any atom is 0.246 e. The van der Waals surface area contributed by atoms with Gasteiger partial charge in [-0.15, -0.1) is 11.3 Å². The van der Waals surface area contributed by atoms with E-state index in [-0.39, 0.29) is 17.0 Å². The van der Waals surface area contributed by atoms with Crippen molar-refractivity contribution >= 4 is 21.4 Å². The molecule has 136 valence electrons. The van der Waals surface area contributed by atoms with Crippen LogP contribution in [0.1, 0.15) is 48.5 Å². The Bertz CT molecular complexity index is 839. The second-order valence-electron chi connectivity index (χ2n) is 6.56. The summed E-state index contributed by atoms with van der Waals surface area (Å²) in [7, 11) is -3.56. The van der Waals surface area contributed by atoms with E-state index in [0.29, 0.717) is 19.8 Å². The number of sulfonamides is 1. The summed E-state index contributed by atoms with van der Waals surface area (Å²) in [5.41, 5.74) is 0.861. The normalized spacial score (nSPS) is 23.3. The molecule has 2 fully saturated rings. The van der Waals surface area contributed by atoms with Crippen LogP contribution in [0.5, 0.6) is 0 Å². The van der Waals surface area contributed by atoms with Gasteiger partial charge in [0.1, 0.15) is 4.90 Å². The molecule has 0 aliphatic carbocycles. The van der Waals surface area contributed by atoms with Gasteiger partial charge < -0.3 is 4.74 Å². The third kappa shape index (κ3) is 3.25. The minimum atomic E-state index is -3.56. The van der Waals surface area contributed by atoms with Gasteiger partial charge in [0, 0.05) is 31.3 Å². The average Bonchev–Trinajstić information content (AvgIpc) is 3.35. The van der Waals surface area contributed by atoms with E-state index < -0.39 is 10.0 Å². The predicted octanol–water partition coefficient (Wildman–Crippen LogP) is 2.53. The van der Waals surface area contributed by atoms with Gasteiger partial charge in [0.2, 0.25) is 10.0 Å². The first-order chi connectivity index (χ1) is 12.1. The summed E-state index contributed by atoms with van der Waals surface area (Å²) in [6, 6.07) is 0.0506. The number of aryl methyl sites for hydroxylation is 1. The molecule has 0 radical (unpaired) electrons. The minimum absolute atomic E-state index is 0.165. The van der Waals surface area contributed by atoms with Crippen molar-refractivity contribution in [2.24, 2.45) is 0 Å². The van der Waals surface area contributed by atoms with Crippen LogP contribution in [0.4, 0.5) is 0 Å². The SMILES string of the molecule is Cc1nc(C2CCCN2S(=O)(=O)c2cnn(C3CCOCC3)c2)cs1. The molecule has 2 aromatic rings. The van der Waals surface area contributed by atoms with E-state index in [1.807, 2.05) is 12.3 Å². The molecule has 7 nitrogen and oxygen atoms in total. The highest BCUT2D eigenvalue weighted by Crippen LogP contribution is 2.37. The Morgan fingerprint density at radius 3 is 2.80 bits per heavy atom. The summed E-state index contributed by atoms with van der Waals surface area (Å²) in [5.74, 6) is 0. The molecule has 0 amide bonds. The first-order valence-corrected chi connectivity index (χ1v) is 10.9. The Hall–Kier alpha value is -1.29. The molecule has 1 atom stereocenters. The fourth-order valence-electron chi connectivity index (χ4n) is 3.60. The van der Waals surface area contributed by atoms with Crippen molar-refractivity contribution in [3.8, 4) is 0 Å². The molecule has 0 bridgehead atoms. The number of ether oxygens (including phenoxy) is 1. The van der Waals surface area contributed by atoms with Gasteiger partial charge in [0.25, 0.3) is 0 Å². The molecule has 2 aliphatic rings. The first-order valence-electron chi connectivity index (χ1n) is 8.61. The van der Waals surface area contributed by atoms with Gasteiger partial charge in [-0.25, -0.2) is 13.4 Å².